The number of nitrogens with zero attached hydrogens (tertiary/aromatic N) is 2. The van der Waals surface area contributed by atoms with Gasteiger partial charge in [-0.2, -0.15) is 0 Å². The maximum absolute atomic E-state index is 5.31. The third-order valence-corrected chi connectivity index (χ3v) is 3.07. The molecule has 0 spiro atoms. The smallest absolute Gasteiger partial charge is 0.207 e. The summed E-state index contributed by atoms with van der Waals surface area (Å²) in [6.45, 7) is 2.89. The molecule has 0 saturated heterocycles. The van der Waals surface area contributed by atoms with Crippen LogP contribution in [-0.2, 0) is 4.74 Å². The highest BCUT2D eigenvalue weighted by molar-refractivity contribution is 5.53. The van der Waals surface area contributed by atoms with Gasteiger partial charge < -0.3 is 14.6 Å². The molecule has 4 heteroatoms. The Hall–Kier alpha value is -1.81. The fourth-order valence-electron chi connectivity index (χ4n) is 2.18. The van der Waals surface area contributed by atoms with Crippen molar-refractivity contribution in [2.75, 3.05) is 19.0 Å². The first-order valence-corrected chi connectivity index (χ1v) is 6.69. The molecule has 0 amide bonds. The van der Waals surface area contributed by atoms with E-state index in [1.165, 1.54) is 0 Å². The van der Waals surface area contributed by atoms with E-state index in [4.69, 9.17) is 4.74 Å². The van der Waals surface area contributed by atoms with E-state index in [-0.39, 0.29) is 0 Å². The summed E-state index contributed by atoms with van der Waals surface area (Å²) in [7, 11) is 1.74. The van der Waals surface area contributed by atoms with Crippen molar-refractivity contribution in [2.24, 2.45) is 0 Å². The van der Waals surface area contributed by atoms with Gasteiger partial charge in [0.25, 0.3) is 0 Å². The molecule has 4 nitrogen and oxygen atoms in total. The van der Waals surface area contributed by atoms with Crippen LogP contribution >= 0.6 is 0 Å². The van der Waals surface area contributed by atoms with Crippen molar-refractivity contribution < 1.29 is 4.74 Å². The van der Waals surface area contributed by atoms with Crippen LogP contribution in [0, 0.1) is 0 Å². The lowest BCUT2D eigenvalue weighted by molar-refractivity contribution is 0.151. The fraction of sp³-hybridized carbons (Fsp3) is 0.400. The zero-order valence-electron chi connectivity index (χ0n) is 11.5. The number of rotatable bonds is 7. The largest absolute Gasteiger partial charge is 0.383 e. The number of anilines is 2. The minimum absolute atomic E-state index is 0.323. The van der Waals surface area contributed by atoms with Gasteiger partial charge in [0.1, 0.15) is 0 Å². The quantitative estimate of drug-likeness (QED) is 0.825. The average Bonchev–Trinajstić information content (AvgIpc) is 2.88. The molecule has 0 aliphatic carbocycles. The van der Waals surface area contributed by atoms with Crippen molar-refractivity contribution >= 4 is 11.6 Å². The third kappa shape index (κ3) is 3.58. The second-order valence-electron chi connectivity index (χ2n) is 4.55. The molecule has 1 aromatic carbocycles. The summed E-state index contributed by atoms with van der Waals surface area (Å²) in [5, 5.41) is 3.35. The maximum Gasteiger partial charge on any atom is 0.207 e. The van der Waals surface area contributed by atoms with Crippen LogP contribution in [0.2, 0.25) is 0 Å². The van der Waals surface area contributed by atoms with Gasteiger partial charge in [0.15, 0.2) is 0 Å². The standard InChI is InChI=1S/C15H21N3O/c1-3-7-14(12-19-2)18-11-10-16-15(18)17-13-8-5-4-6-9-13/h4-6,8-11,14H,3,7,12H2,1-2H3,(H,16,17). The number of imidazole rings is 1. The zero-order valence-corrected chi connectivity index (χ0v) is 11.5. The third-order valence-electron chi connectivity index (χ3n) is 3.07. The van der Waals surface area contributed by atoms with E-state index in [1.807, 2.05) is 42.7 Å². The average molecular weight is 259 g/mol. The summed E-state index contributed by atoms with van der Waals surface area (Å²) in [6, 6.07) is 10.4. The molecule has 102 valence electrons. The highest BCUT2D eigenvalue weighted by atomic mass is 16.5. The summed E-state index contributed by atoms with van der Waals surface area (Å²) in [6.07, 6.45) is 6.03. The molecule has 1 heterocycles. The molecule has 0 radical (unpaired) electrons. The van der Waals surface area contributed by atoms with Gasteiger partial charge >= 0.3 is 0 Å². The number of hydrogen-bond acceptors (Lipinski definition) is 3. The number of methoxy groups -OCH3 is 1. The number of nitrogens with one attached hydrogen (secondary N) is 1. The van der Waals surface area contributed by atoms with Crippen molar-refractivity contribution in [2.45, 2.75) is 25.8 Å². The van der Waals surface area contributed by atoms with Gasteiger partial charge in [-0.15, -0.1) is 0 Å². The Morgan fingerprint density at radius 2 is 2.11 bits per heavy atom. The minimum atomic E-state index is 0.323. The number of ether oxygens (including phenoxy) is 1. The lowest BCUT2D eigenvalue weighted by Gasteiger charge is -2.20. The highest BCUT2D eigenvalue weighted by Gasteiger charge is 2.13. The number of aromatic nitrogens is 2. The van der Waals surface area contributed by atoms with Crippen LogP contribution in [0.25, 0.3) is 0 Å². The molecule has 1 atom stereocenters. The van der Waals surface area contributed by atoms with Gasteiger partial charge in [-0.05, 0) is 18.6 Å². The molecule has 1 aromatic heterocycles. The molecular formula is C15H21N3O. The molecular weight excluding hydrogens is 238 g/mol. The van der Waals surface area contributed by atoms with Gasteiger partial charge in [-0.1, -0.05) is 31.5 Å². The molecule has 1 N–H and O–H groups in total. The Labute approximate surface area is 114 Å². The second-order valence-corrected chi connectivity index (χ2v) is 4.55. The number of benzene rings is 1. The zero-order chi connectivity index (χ0) is 13.5. The van der Waals surface area contributed by atoms with Crippen molar-refractivity contribution in [3.8, 4) is 0 Å². The molecule has 0 saturated carbocycles. The van der Waals surface area contributed by atoms with E-state index >= 15 is 0 Å². The summed E-state index contributed by atoms with van der Waals surface area (Å²) in [4.78, 5) is 4.39. The molecule has 19 heavy (non-hydrogen) atoms. The van der Waals surface area contributed by atoms with E-state index in [9.17, 15) is 0 Å². The summed E-state index contributed by atoms with van der Waals surface area (Å²) >= 11 is 0. The second kappa shape index (κ2) is 6.95. The number of para-hydroxylation sites is 1. The predicted octanol–water partition coefficient (Wildman–Crippen LogP) is 3.61. The lowest BCUT2D eigenvalue weighted by atomic mass is 10.2. The van der Waals surface area contributed by atoms with Crippen LogP contribution in [-0.4, -0.2) is 23.3 Å². The highest BCUT2D eigenvalue weighted by Crippen LogP contribution is 2.22. The topological polar surface area (TPSA) is 39.1 Å². The van der Waals surface area contributed by atoms with Crippen LogP contribution in [0.5, 0.6) is 0 Å². The maximum atomic E-state index is 5.31. The van der Waals surface area contributed by atoms with Crippen LogP contribution in [0.3, 0.4) is 0 Å². The SMILES string of the molecule is CCCC(COC)n1ccnc1Nc1ccccc1. The molecule has 0 fully saturated rings. The molecule has 0 aliphatic heterocycles. The Kier molecular flexibility index (Phi) is 4.98. The van der Waals surface area contributed by atoms with Crippen molar-refractivity contribution in [1.82, 2.24) is 9.55 Å². The monoisotopic (exact) mass is 259 g/mol. The molecule has 2 rings (SSSR count). The molecule has 0 bridgehead atoms. The Balaban J connectivity index is 2.16. The van der Waals surface area contributed by atoms with Gasteiger partial charge in [-0.25, -0.2) is 4.98 Å². The molecule has 1 unspecified atom stereocenters. The van der Waals surface area contributed by atoms with Crippen LogP contribution in [0.1, 0.15) is 25.8 Å². The van der Waals surface area contributed by atoms with E-state index in [1.54, 1.807) is 7.11 Å². The summed E-state index contributed by atoms with van der Waals surface area (Å²) < 4.78 is 7.46. The fourth-order valence-corrected chi connectivity index (χ4v) is 2.18. The minimum Gasteiger partial charge on any atom is -0.383 e. The Morgan fingerprint density at radius 1 is 1.32 bits per heavy atom. The van der Waals surface area contributed by atoms with Crippen molar-refractivity contribution in [3.63, 3.8) is 0 Å². The van der Waals surface area contributed by atoms with E-state index < -0.39 is 0 Å². The van der Waals surface area contributed by atoms with Crippen LogP contribution in [0.15, 0.2) is 42.7 Å². The van der Waals surface area contributed by atoms with Gasteiger partial charge in [0.05, 0.1) is 12.6 Å². The number of hydrogen-bond donors (Lipinski definition) is 1. The van der Waals surface area contributed by atoms with Gasteiger partial charge in [0, 0.05) is 25.2 Å². The summed E-state index contributed by atoms with van der Waals surface area (Å²) in [5.41, 5.74) is 1.04. The summed E-state index contributed by atoms with van der Waals surface area (Å²) in [5.74, 6) is 0.863. The van der Waals surface area contributed by atoms with Crippen LogP contribution < -0.4 is 5.32 Å². The molecule has 2 aromatic rings. The lowest BCUT2D eigenvalue weighted by Crippen LogP contribution is -2.16. The first kappa shape index (κ1) is 13.6. The van der Waals surface area contributed by atoms with E-state index in [0.29, 0.717) is 12.6 Å². The first-order chi connectivity index (χ1) is 9.35. The predicted molar refractivity (Wildman–Crippen MR) is 77.8 cm³/mol. The Bertz CT molecular complexity index is 475. The van der Waals surface area contributed by atoms with Crippen LogP contribution in [0.4, 0.5) is 11.6 Å². The normalized spacial score (nSPS) is 12.3. The van der Waals surface area contributed by atoms with Crippen molar-refractivity contribution in [3.05, 3.63) is 42.7 Å². The first-order valence-electron chi connectivity index (χ1n) is 6.69. The van der Waals surface area contributed by atoms with E-state index in [0.717, 1.165) is 24.5 Å². The van der Waals surface area contributed by atoms with Gasteiger partial charge in [-0.3, -0.25) is 0 Å². The van der Waals surface area contributed by atoms with Gasteiger partial charge in [0.2, 0.25) is 5.95 Å². The molecule has 0 aliphatic rings. The Morgan fingerprint density at radius 3 is 2.79 bits per heavy atom. The van der Waals surface area contributed by atoms with Crippen molar-refractivity contribution in [1.29, 1.82) is 0 Å². The van der Waals surface area contributed by atoms with E-state index in [2.05, 4.69) is 21.8 Å².